The summed E-state index contributed by atoms with van der Waals surface area (Å²) in [6.45, 7) is 2.29. The van der Waals surface area contributed by atoms with E-state index in [0.717, 1.165) is 56.3 Å². The van der Waals surface area contributed by atoms with Gasteiger partial charge in [-0.2, -0.15) is 9.97 Å². The molecular weight excluding hydrogens is 695 g/mol. The summed E-state index contributed by atoms with van der Waals surface area (Å²) in [5.74, 6) is 2.27. The van der Waals surface area contributed by atoms with E-state index in [9.17, 15) is 0 Å². The number of rotatable bonds is 6. The molecule has 0 aliphatic heterocycles. The van der Waals surface area contributed by atoms with E-state index in [1.54, 1.807) is 0 Å². The van der Waals surface area contributed by atoms with Gasteiger partial charge >= 0.3 is 0 Å². The zero-order valence-corrected chi connectivity index (χ0v) is 31.4. The minimum atomic E-state index is 0.428. The molecule has 0 fully saturated rings. The van der Waals surface area contributed by atoms with Gasteiger partial charge in [0.05, 0.1) is 22.1 Å². The molecule has 0 saturated heterocycles. The molecule has 1 atom stereocenters. The molecule has 0 saturated carbocycles. The van der Waals surface area contributed by atoms with E-state index >= 15 is 0 Å². The SMILES string of the molecule is CC1CC=CC=C1c1cccc(-c2nc(-c3cccc(-c4ccccc4)c3)nc(-n3c4ccccc4c4c5c6ccccc6n(-c6ccccc6)c5ccc43)n2)c1. The fraction of sp³-hybridized carbons (Fsp3) is 0.0577. The van der Waals surface area contributed by atoms with Crippen LogP contribution in [0.5, 0.6) is 0 Å². The lowest BCUT2D eigenvalue weighted by molar-refractivity contribution is 0.758. The largest absolute Gasteiger partial charge is 0.309 e. The highest BCUT2D eigenvalue weighted by Crippen LogP contribution is 2.42. The van der Waals surface area contributed by atoms with Crippen LogP contribution in [0.25, 0.3) is 94.7 Å². The van der Waals surface area contributed by atoms with Crippen molar-refractivity contribution < 1.29 is 0 Å². The van der Waals surface area contributed by atoms with Crippen LogP contribution < -0.4 is 0 Å². The predicted octanol–water partition coefficient (Wildman–Crippen LogP) is 13.0. The first kappa shape index (κ1) is 33.0. The zero-order chi connectivity index (χ0) is 37.9. The first-order valence-electron chi connectivity index (χ1n) is 19.6. The van der Waals surface area contributed by atoms with E-state index in [2.05, 4.69) is 198 Å². The molecule has 5 nitrogen and oxygen atoms in total. The maximum absolute atomic E-state index is 5.36. The molecule has 1 aliphatic rings. The second kappa shape index (κ2) is 13.4. The zero-order valence-electron chi connectivity index (χ0n) is 31.4. The highest BCUT2D eigenvalue weighted by Gasteiger charge is 2.23. The summed E-state index contributed by atoms with van der Waals surface area (Å²) in [5.41, 5.74) is 12.2. The Morgan fingerprint density at radius 1 is 0.456 bits per heavy atom. The molecule has 0 amide bonds. The van der Waals surface area contributed by atoms with Crippen molar-refractivity contribution in [1.29, 1.82) is 0 Å². The normalized spacial score (nSPS) is 14.2. The number of allylic oxidation sites excluding steroid dienone is 4. The van der Waals surface area contributed by atoms with E-state index in [4.69, 9.17) is 15.0 Å². The Morgan fingerprint density at radius 3 is 1.65 bits per heavy atom. The van der Waals surface area contributed by atoms with E-state index < -0.39 is 0 Å². The van der Waals surface area contributed by atoms with Crippen molar-refractivity contribution in [2.45, 2.75) is 13.3 Å². The second-order valence-corrected chi connectivity index (χ2v) is 14.9. The summed E-state index contributed by atoms with van der Waals surface area (Å²) in [5, 5.41) is 4.75. The molecule has 11 rings (SSSR count). The highest BCUT2D eigenvalue weighted by atomic mass is 15.2. The van der Waals surface area contributed by atoms with E-state index in [1.807, 2.05) is 6.07 Å². The number of hydrogen-bond donors (Lipinski definition) is 0. The Hall–Kier alpha value is -7.37. The van der Waals surface area contributed by atoms with Gasteiger partial charge in [0.2, 0.25) is 5.95 Å². The van der Waals surface area contributed by atoms with Crippen LogP contribution >= 0.6 is 0 Å². The molecule has 7 aromatic carbocycles. The van der Waals surface area contributed by atoms with Gasteiger partial charge < -0.3 is 4.57 Å². The fourth-order valence-corrected chi connectivity index (χ4v) is 8.74. The number of nitrogens with zero attached hydrogens (tertiary/aromatic N) is 5. The molecule has 1 unspecified atom stereocenters. The molecular formula is C52H37N5. The van der Waals surface area contributed by atoms with Crippen molar-refractivity contribution in [2.24, 2.45) is 5.92 Å². The van der Waals surface area contributed by atoms with Crippen LogP contribution in [-0.2, 0) is 0 Å². The van der Waals surface area contributed by atoms with Crippen molar-refractivity contribution >= 4 is 49.2 Å². The summed E-state index contributed by atoms with van der Waals surface area (Å²) >= 11 is 0. The van der Waals surface area contributed by atoms with E-state index in [-0.39, 0.29) is 0 Å². The third-order valence-electron chi connectivity index (χ3n) is 11.4. The van der Waals surface area contributed by atoms with Gasteiger partial charge in [0, 0.05) is 38.4 Å². The summed E-state index contributed by atoms with van der Waals surface area (Å²) in [6.07, 6.45) is 7.67. The van der Waals surface area contributed by atoms with Crippen molar-refractivity contribution in [3.05, 3.63) is 194 Å². The molecule has 1 aliphatic carbocycles. The monoisotopic (exact) mass is 731 g/mol. The Labute approximate surface area is 330 Å². The topological polar surface area (TPSA) is 48.5 Å². The van der Waals surface area contributed by atoms with Crippen molar-refractivity contribution in [2.75, 3.05) is 0 Å². The summed E-state index contributed by atoms with van der Waals surface area (Å²) in [4.78, 5) is 15.9. The third kappa shape index (κ3) is 5.50. The number of aromatic nitrogens is 5. The van der Waals surface area contributed by atoms with Crippen molar-refractivity contribution in [3.63, 3.8) is 0 Å². The summed E-state index contributed by atoms with van der Waals surface area (Å²) < 4.78 is 4.61. The summed E-state index contributed by atoms with van der Waals surface area (Å²) in [7, 11) is 0. The maximum Gasteiger partial charge on any atom is 0.238 e. The molecule has 0 spiro atoms. The second-order valence-electron chi connectivity index (χ2n) is 14.9. The molecule has 10 aromatic rings. The standard InChI is InChI=1S/C52H37N5/c1-34-16-8-9-25-41(34)37-20-15-22-39(33-37)51-53-50(38-21-14-19-36(32-38)35-17-4-2-5-18-35)54-52(55-51)57-45-29-13-11-27-43(45)49-47(57)31-30-46-48(49)42-26-10-12-28-44(42)56(46)40-23-6-3-7-24-40/h2-15,17-34H,16H2,1H3. The lowest BCUT2D eigenvalue weighted by atomic mass is 9.87. The minimum Gasteiger partial charge on any atom is -0.309 e. The van der Waals surface area contributed by atoms with Crippen LogP contribution in [-0.4, -0.2) is 24.1 Å². The minimum absolute atomic E-state index is 0.428. The Kier molecular flexibility index (Phi) is 7.78. The number of hydrogen-bond acceptors (Lipinski definition) is 3. The van der Waals surface area contributed by atoms with Gasteiger partial charge in [-0.15, -0.1) is 0 Å². The number of fused-ring (bicyclic) bond motifs is 7. The van der Waals surface area contributed by atoms with Gasteiger partial charge in [0.1, 0.15) is 0 Å². The lowest BCUT2D eigenvalue weighted by Gasteiger charge is -2.18. The Morgan fingerprint density at radius 2 is 0.982 bits per heavy atom. The molecule has 57 heavy (non-hydrogen) atoms. The lowest BCUT2D eigenvalue weighted by Crippen LogP contribution is -2.07. The molecule has 3 heterocycles. The van der Waals surface area contributed by atoms with Crippen LogP contribution in [0.3, 0.4) is 0 Å². The van der Waals surface area contributed by atoms with Crippen LogP contribution in [0.15, 0.2) is 188 Å². The van der Waals surface area contributed by atoms with Crippen LogP contribution in [0, 0.1) is 5.92 Å². The van der Waals surface area contributed by atoms with Gasteiger partial charge in [-0.3, -0.25) is 4.57 Å². The molecule has 270 valence electrons. The van der Waals surface area contributed by atoms with Crippen LogP contribution in [0.1, 0.15) is 18.9 Å². The Balaban J connectivity index is 1.19. The molecule has 3 aromatic heterocycles. The maximum atomic E-state index is 5.36. The highest BCUT2D eigenvalue weighted by molar-refractivity contribution is 6.28. The average molecular weight is 732 g/mol. The van der Waals surface area contributed by atoms with E-state index in [0.29, 0.717) is 23.5 Å². The van der Waals surface area contributed by atoms with Gasteiger partial charge in [-0.25, -0.2) is 4.98 Å². The molecule has 0 radical (unpaired) electrons. The first-order valence-corrected chi connectivity index (χ1v) is 19.6. The third-order valence-corrected chi connectivity index (χ3v) is 11.4. The molecule has 0 N–H and O–H groups in total. The number of para-hydroxylation sites is 3. The van der Waals surface area contributed by atoms with E-state index in [1.165, 1.54) is 32.8 Å². The van der Waals surface area contributed by atoms with Gasteiger partial charge in [-0.05, 0) is 83.1 Å². The average Bonchev–Trinajstić information content (AvgIpc) is 3.80. The predicted molar refractivity (Wildman–Crippen MR) is 236 cm³/mol. The molecule has 0 bridgehead atoms. The smallest absolute Gasteiger partial charge is 0.238 e. The fourth-order valence-electron chi connectivity index (χ4n) is 8.74. The van der Waals surface area contributed by atoms with Crippen LogP contribution in [0.4, 0.5) is 0 Å². The van der Waals surface area contributed by atoms with Crippen LogP contribution in [0.2, 0.25) is 0 Å². The number of benzene rings is 7. The van der Waals surface area contributed by atoms with Gasteiger partial charge in [0.25, 0.3) is 0 Å². The summed E-state index contributed by atoms with van der Waals surface area (Å²) in [6, 6.07) is 60.1. The first-order chi connectivity index (χ1) is 28.2. The van der Waals surface area contributed by atoms with Gasteiger partial charge in [0.15, 0.2) is 11.6 Å². The van der Waals surface area contributed by atoms with Gasteiger partial charge in [-0.1, -0.05) is 146 Å². The quantitative estimate of drug-likeness (QED) is 0.171. The van der Waals surface area contributed by atoms with Crippen molar-refractivity contribution in [3.8, 4) is 45.5 Å². The molecule has 5 heteroatoms. The Bertz CT molecular complexity index is 3220. The van der Waals surface area contributed by atoms with Crippen molar-refractivity contribution in [1.82, 2.24) is 24.1 Å².